The van der Waals surface area contributed by atoms with Crippen LogP contribution < -0.4 is 10.1 Å². The summed E-state index contributed by atoms with van der Waals surface area (Å²) in [4.78, 5) is 2.26. The van der Waals surface area contributed by atoms with Crippen LogP contribution in [0.15, 0.2) is 24.3 Å². The van der Waals surface area contributed by atoms with Gasteiger partial charge in [0.1, 0.15) is 5.75 Å². The van der Waals surface area contributed by atoms with Crippen molar-refractivity contribution in [3.8, 4) is 5.75 Å². The average molecular weight is 250 g/mol. The molecule has 0 radical (unpaired) electrons. The molecule has 17 heavy (non-hydrogen) atoms. The van der Waals surface area contributed by atoms with Gasteiger partial charge in [0.05, 0.1) is 13.2 Å². The molecule has 0 aliphatic carbocycles. The van der Waals surface area contributed by atoms with Gasteiger partial charge in [-0.1, -0.05) is 12.1 Å². The molecule has 1 aliphatic rings. The van der Waals surface area contributed by atoms with Gasteiger partial charge in [-0.2, -0.15) is 0 Å². The molecule has 0 aromatic heterocycles. The molecule has 0 saturated carbocycles. The van der Waals surface area contributed by atoms with Crippen LogP contribution in [-0.2, 0) is 0 Å². The molecule has 1 aromatic carbocycles. The van der Waals surface area contributed by atoms with Gasteiger partial charge in [0, 0.05) is 13.6 Å². The van der Waals surface area contributed by atoms with Crippen LogP contribution in [0.5, 0.6) is 5.75 Å². The molecule has 2 rings (SSSR count). The number of thiocarbonyl (C=S) groups is 1. The smallest absolute Gasteiger partial charge is 0.169 e. The monoisotopic (exact) mass is 250 g/mol. The highest BCUT2D eigenvalue weighted by Gasteiger charge is 2.27. The Morgan fingerprint density at radius 3 is 2.71 bits per heavy atom. The fourth-order valence-corrected chi connectivity index (χ4v) is 2.54. The van der Waals surface area contributed by atoms with E-state index in [0.29, 0.717) is 6.04 Å². The second-order valence-corrected chi connectivity index (χ2v) is 4.57. The molecular weight excluding hydrogens is 232 g/mol. The van der Waals surface area contributed by atoms with Gasteiger partial charge >= 0.3 is 0 Å². The van der Waals surface area contributed by atoms with E-state index in [1.54, 1.807) is 7.11 Å². The van der Waals surface area contributed by atoms with Gasteiger partial charge in [-0.3, -0.25) is 0 Å². The predicted octanol–water partition coefficient (Wildman–Crippen LogP) is 2.34. The topological polar surface area (TPSA) is 24.5 Å². The molecule has 1 N–H and O–H groups in total. The molecule has 1 saturated heterocycles. The lowest BCUT2D eigenvalue weighted by atomic mass is 10.0. The fourth-order valence-electron chi connectivity index (χ4n) is 2.33. The third-order valence-electron chi connectivity index (χ3n) is 3.23. The van der Waals surface area contributed by atoms with Crippen molar-refractivity contribution in [2.24, 2.45) is 0 Å². The Balaban J connectivity index is 2.17. The summed E-state index contributed by atoms with van der Waals surface area (Å²) in [5, 5.41) is 3.90. The van der Waals surface area contributed by atoms with Crippen molar-refractivity contribution in [2.45, 2.75) is 18.9 Å². The standard InChI is InChI=1S/C13H18N2OS/c1-14-13(17)15-9-3-4-12(15)10-5-7-11(16-2)8-6-10/h5-8,12H,3-4,9H2,1-2H3,(H,14,17). The third-order valence-corrected chi connectivity index (χ3v) is 3.67. The first-order valence-electron chi connectivity index (χ1n) is 5.88. The minimum absolute atomic E-state index is 0.404. The average Bonchev–Trinajstić information content (AvgIpc) is 2.87. The van der Waals surface area contributed by atoms with Crippen LogP contribution in [0.4, 0.5) is 0 Å². The van der Waals surface area contributed by atoms with E-state index in [9.17, 15) is 0 Å². The molecule has 1 aliphatic heterocycles. The maximum Gasteiger partial charge on any atom is 0.169 e. The quantitative estimate of drug-likeness (QED) is 0.814. The van der Waals surface area contributed by atoms with Gasteiger partial charge in [0.2, 0.25) is 0 Å². The number of ether oxygens (including phenoxy) is 1. The van der Waals surface area contributed by atoms with Gasteiger partial charge in [-0.05, 0) is 42.8 Å². The Morgan fingerprint density at radius 1 is 1.41 bits per heavy atom. The lowest BCUT2D eigenvalue weighted by Crippen LogP contribution is -2.37. The number of nitrogens with one attached hydrogen (secondary N) is 1. The molecule has 1 atom stereocenters. The second kappa shape index (κ2) is 5.36. The maximum atomic E-state index is 5.33. The van der Waals surface area contributed by atoms with Crippen molar-refractivity contribution in [3.63, 3.8) is 0 Å². The first-order valence-corrected chi connectivity index (χ1v) is 6.29. The molecule has 1 unspecified atom stereocenters. The molecule has 4 heteroatoms. The van der Waals surface area contributed by atoms with E-state index in [0.717, 1.165) is 23.8 Å². The Labute approximate surface area is 108 Å². The molecule has 3 nitrogen and oxygen atoms in total. The van der Waals surface area contributed by atoms with E-state index in [4.69, 9.17) is 17.0 Å². The van der Waals surface area contributed by atoms with E-state index in [1.165, 1.54) is 12.0 Å². The molecule has 1 aromatic rings. The largest absolute Gasteiger partial charge is 0.497 e. The van der Waals surface area contributed by atoms with E-state index in [-0.39, 0.29) is 0 Å². The number of nitrogens with zero attached hydrogens (tertiary/aromatic N) is 1. The van der Waals surface area contributed by atoms with Crippen LogP contribution in [0.1, 0.15) is 24.4 Å². The highest BCUT2D eigenvalue weighted by molar-refractivity contribution is 7.80. The van der Waals surface area contributed by atoms with Crippen molar-refractivity contribution in [3.05, 3.63) is 29.8 Å². The Hall–Kier alpha value is -1.29. The SMILES string of the molecule is CNC(=S)N1CCCC1c1ccc(OC)cc1. The number of hydrogen-bond acceptors (Lipinski definition) is 2. The summed E-state index contributed by atoms with van der Waals surface area (Å²) >= 11 is 5.33. The lowest BCUT2D eigenvalue weighted by Gasteiger charge is -2.27. The summed E-state index contributed by atoms with van der Waals surface area (Å²) in [5.74, 6) is 0.898. The summed E-state index contributed by atoms with van der Waals surface area (Å²) in [6, 6.07) is 8.67. The van der Waals surface area contributed by atoms with Gasteiger partial charge in [-0.15, -0.1) is 0 Å². The zero-order valence-electron chi connectivity index (χ0n) is 10.3. The zero-order valence-corrected chi connectivity index (χ0v) is 11.1. The van der Waals surface area contributed by atoms with Crippen molar-refractivity contribution in [1.29, 1.82) is 0 Å². The highest BCUT2D eigenvalue weighted by atomic mass is 32.1. The molecule has 1 heterocycles. The van der Waals surface area contributed by atoms with Crippen LogP contribution in [-0.4, -0.2) is 30.7 Å². The molecule has 0 amide bonds. The number of hydrogen-bond donors (Lipinski definition) is 1. The number of likely N-dealkylation sites (tertiary alicyclic amines) is 1. The predicted molar refractivity (Wildman–Crippen MR) is 73.3 cm³/mol. The zero-order chi connectivity index (χ0) is 12.3. The lowest BCUT2D eigenvalue weighted by molar-refractivity contribution is 0.394. The van der Waals surface area contributed by atoms with Crippen LogP contribution in [0, 0.1) is 0 Å². The van der Waals surface area contributed by atoms with Crippen molar-refractivity contribution in [2.75, 3.05) is 20.7 Å². The van der Waals surface area contributed by atoms with E-state index >= 15 is 0 Å². The van der Waals surface area contributed by atoms with Gasteiger partial charge in [0.15, 0.2) is 5.11 Å². The maximum absolute atomic E-state index is 5.33. The Morgan fingerprint density at radius 2 is 2.12 bits per heavy atom. The van der Waals surface area contributed by atoms with Gasteiger partial charge < -0.3 is 15.0 Å². The van der Waals surface area contributed by atoms with E-state index in [1.807, 2.05) is 19.2 Å². The fraction of sp³-hybridized carbons (Fsp3) is 0.462. The number of benzene rings is 1. The van der Waals surface area contributed by atoms with Gasteiger partial charge in [0.25, 0.3) is 0 Å². The van der Waals surface area contributed by atoms with E-state index in [2.05, 4.69) is 22.3 Å². The summed E-state index contributed by atoms with van der Waals surface area (Å²) in [5.41, 5.74) is 1.31. The van der Waals surface area contributed by atoms with Gasteiger partial charge in [-0.25, -0.2) is 0 Å². The summed E-state index contributed by atoms with van der Waals surface area (Å²) < 4.78 is 5.18. The molecule has 1 fully saturated rings. The Bertz CT molecular complexity index is 391. The molecule has 0 spiro atoms. The summed E-state index contributed by atoms with van der Waals surface area (Å²) in [6.07, 6.45) is 2.35. The van der Waals surface area contributed by atoms with Crippen molar-refractivity contribution >= 4 is 17.3 Å². The molecular formula is C13H18N2OS. The van der Waals surface area contributed by atoms with Crippen LogP contribution in [0.2, 0.25) is 0 Å². The van der Waals surface area contributed by atoms with E-state index < -0.39 is 0 Å². The first kappa shape index (κ1) is 12.2. The first-order chi connectivity index (χ1) is 8.26. The van der Waals surface area contributed by atoms with Crippen molar-refractivity contribution < 1.29 is 4.74 Å². The Kier molecular flexibility index (Phi) is 3.84. The van der Waals surface area contributed by atoms with Crippen LogP contribution in [0.25, 0.3) is 0 Å². The van der Waals surface area contributed by atoms with Crippen LogP contribution in [0.3, 0.4) is 0 Å². The van der Waals surface area contributed by atoms with Crippen LogP contribution >= 0.6 is 12.2 Å². The number of rotatable bonds is 2. The molecule has 92 valence electrons. The summed E-state index contributed by atoms with van der Waals surface area (Å²) in [7, 11) is 3.57. The third kappa shape index (κ3) is 2.52. The minimum atomic E-state index is 0.404. The normalized spacial score (nSPS) is 19.2. The van der Waals surface area contributed by atoms with Crippen molar-refractivity contribution in [1.82, 2.24) is 10.2 Å². The number of methoxy groups -OCH3 is 1. The summed E-state index contributed by atoms with van der Waals surface area (Å²) in [6.45, 7) is 1.04. The second-order valence-electron chi connectivity index (χ2n) is 4.18. The minimum Gasteiger partial charge on any atom is -0.497 e. The highest BCUT2D eigenvalue weighted by Crippen LogP contribution is 2.32. The molecule has 0 bridgehead atoms.